The number of aromatic nitrogens is 2. The molecular weight excluding hydrogens is 221 g/mol. The molecule has 86 valence electrons. The Labute approximate surface area is 89.5 Å². The second-order valence-electron chi connectivity index (χ2n) is 3.00. The molecule has 0 unspecified atom stereocenters. The summed E-state index contributed by atoms with van der Waals surface area (Å²) in [6, 6.07) is 1.34. The molecule has 1 aromatic rings. The quantitative estimate of drug-likeness (QED) is 0.757. The standard InChI is InChI=1S/C9H9F3N4/c1-5-15-3-2-7(16-5)6(13)4-8(14)9(10,11)12/h2-4,13H,14H2,1H3. The number of halogens is 3. The maximum Gasteiger partial charge on any atom is 0.430 e. The average Bonchev–Trinajstić information content (AvgIpc) is 2.16. The number of nitrogens with zero attached hydrogens (tertiary/aromatic N) is 2. The predicted octanol–water partition coefficient (Wildman–Crippen LogP) is 1.56. The van der Waals surface area contributed by atoms with Crippen molar-refractivity contribution in [2.75, 3.05) is 0 Å². The summed E-state index contributed by atoms with van der Waals surface area (Å²) in [7, 11) is 0. The zero-order valence-electron chi connectivity index (χ0n) is 8.34. The summed E-state index contributed by atoms with van der Waals surface area (Å²) in [6.45, 7) is 1.58. The van der Waals surface area contributed by atoms with Gasteiger partial charge >= 0.3 is 6.18 Å². The predicted molar refractivity (Wildman–Crippen MR) is 51.9 cm³/mol. The minimum Gasteiger partial charge on any atom is -0.395 e. The van der Waals surface area contributed by atoms with Gasteiger partial charge in [0.15, 0.2) is 0 Å². The van der Waals surface area contributed by atoms with E-state index in [9.17, 15) is 13.2 Å². The van der Waals surface area contributed by atoms with E-state index in [1.54, 1.807) is 6.92 Å². The van der Waals surface area contributed by atoms with Gasteiger partial charge in [0.25, 0.3) is 0 Å². The van der Waals surface area contributed by atoms with Gasteiger partial charge in [-0.3, -0.25) is 5.41 Å². The topological polar surface area (TPSA) is 75.7 Å². The van der Waals surface area contributed by atoms with Gasteiger partial charge < -0.3 is 5.73 Å². The number of allylic oxidation sites excluding steroid dienone is 2. The number of hydrogen-bond acceptors (Lipinski definition) is 4. The van der Waals surface area contributed by atoms with Gasteiger partial charge in [0.1, 0.15) is 11.5 Å². The van der Waals surface area contributed by atoms with E-state index < -0.39 is 17.6 Å². The van der Waals surface area contributed by atoms with Crippen LogP contribution in [-0.4, -0.2) is 21.9 Å². The fraction of sp³-hybridized carbons (Fsp3) is 0.222. The molecule has 0 aliphatic rings. The molecular formula is C9H9F3N4. The second-order valence-corrected chi connectivity index (χ2v) is 3.00. The molecule has 0 spiro atoms. The lowest BCUT2D eigenvalue weighted by molar-refractivity contribution is -0.0925. The largest absolute Gasteiger partial charge is 0.430 e. The maximum absolute atomic E-state index is 12.1. The van der Waals surface area contributed by atoms with Gasteiger partial charge in [-0.15, -0.1) is 0 Å². The Kier molecular flexibility index (Phi) is 3.26. The SMILES string of the molecule is Cc1nccc(C(=N)C=C(N)C(F)(F)F)n1. The molecule has 0 aromatic carbocycles. The molecule has 0 saturated carbocycles. The molecule has 0 saturated heterocycles. The van der Waals surface area contributed by atoms with Crippen LogP contribution < -0.4 is 5.73 Å². The van der Waals surface area contributed by atoms with Crippen molar-refractivity contribution >= 4 is 5.71 Å². The lowest BCUT2D eigenvalue weighted by atomic mass is 10.2. The molecule has 0 fully saturated rings. The molecule has 0 radical (unpaired) electrons. The number of nitrogens with one attached hydrogen (secondary N) is 1. The lowest BCUT2D eigenvalue weighted by Gasteiger charge is -2.06. The van der Waals surface area contributed by atoms with E-state index in [1.807, 2.05) is 0 Å². The molecule has 0 atom stereocenters. The van der Waals surface area contributed by atoms with Crippen LogP contribution in [-0.2, 0) is 0 Å². The molecule has 1 heterocycles. The van der Waals surface area contributed by atoms with Crippen molar-refractivity contribution in [2.45, 2.75) is 13.1 Å². The molecule has 0 bridgehead atoms. The number of hydrogen-bond donors (Lipinski definition) is 2. The van der Waals surface area contributed by atoms with Crippen molar-refractivity contribution in [2.24, 2.45) is 5.73 Å². The number of aryl methyl sites for hydroxylation is 1. The fourth-order valence-corrected chi connectivity index (χ4v) is 0.917. The van der Waals surface area contributed by atoms with Crippen molar-refractivity contribution in [3.05, 3.63) is 35.6 Å². The highest BCUT2D eigenvalue weighted by molar-refractivity contribution is 6.05. The van der Waals surface area contributed by atoms with Crippen LogP contribution in [0, 0.1) is 12.3 Å². The molecule has 7 heteroatoms. The highest BCUT2D eigenvalue weighted by atomic mass is 19.4. The first-order chi connectivity index (χ1) is 7.30. The third-order valence-corrected chi connectivity index (χ3v) is 1.68. The van der Waals surface area contributed by atoms with Gasteiger partial charge in [-0.1, -0.05) is 0 Å². The lowest BCUT2D eigenvalue weighted by Crippen LogP contribution is -2.21. The van der Waals surface area contributed by atoms with Crippen molar-refractivity contribution in [3.8, 4) is 0 Å². The summed E-state index contributed by atoms with van der Waals surface area (Å²) < 4.78 is 36.2. The highest BCUT2D eigenvalue weighted by Gasteiger charge is 2.31. The Hall–Kier alpha value is -1.92. The van der Waals surface area contributed by atoms with Crippen molar-refractivity contribution in [3.63, 3.8) is 0 Å². The third kappa shape index (κ3) is 3.04. The van der Waals surface area contributed by atoms with Crippen LogP contribution in [0.15, 0.2) is 24.0 Å². The maximum atomic E-state index is 12.1. The van der Waals surface area contributed by atoms with Gasteiger partial charge in [0.2, 0.25) is 0 Å². The Morgan fingerprint density at radius 2 is 2.12 bits per heavy atom. The minimum absolute atomic E-state index is 0.0969. The zero-order chi connectivity index (χ0) is 12.3. The van der Waals surface area contributed by atoms with E-state index in [0.29, 0.717) is 11.9 Å². The molecule has 0 amide bonds. The Bertz CT molecular complexity index is 437. The Morgan fingerprint density at radius 1 is 1.50 bits per heavy atom. The van der Waals surface area contributed by atoms with Crippen LogP contribution in [0.25, 0.3) is 0 Å². The highest BCUT2D eigenvalue weighted by Crippen LogP contribution is 2.21. The summed E-state index contributed by atoms with van der Waals surface area (Å²) in [5.74, 6) is 0.376. The van der Waals surface area contributed by atoms with Gasteiger partial charge in [-0.05, 0) is 19.1 Å². The molecule has 16 heavy (non-hydrogen) atoms. The molecule has 1 aromatic heterocycles. The monoisotopic (exact) mass is 230 g/mol. The third-order valence-electron chi connectivity index (χ3n) is 1.68. The van der Waals surface area contributed by atoms with Crippen LogP contribution in [0.4, 0.5) is 13.2 Å². The summed E-state index contributed by atoms with van der Waals surface area (Å²) in [5, 5.41) is 7.39. The zero-order valence-corrected chi connectivity index (χ0v) is 8.34. The van der Waals surface area contributed by atoms with Crippen LogP contribution >= 0.6 is 0 Å². The number of alkyl halides is 3. The van der Waals surface area contributed by atoms with Crippen molar-refractivity contribution in [1.29, 1.82) is 5.41 Å². The Morgan fingerprint density at radius 3 is 2.62 bits per heavy atom. The average molecular weight is 230 g/mol. The molecule has 4 nitrogen and oxygen atoms in total. The van der Waals surface area contributed by atoms with Crippen LogP contribution in [0.3, 0.4) is 0 Å². The second kappa shape index (κ2) is 4.30. The number of nitrogens with two attached hydrogens (primary N) is 1. The molecule has 0 aliphatic carbocycles. The van der Waals surface area contributed by atoms with Gasteiger partial charge in [0, 0.05) is 6.20 Å². The smallest absolute Gasteiger partial charge is 0.395 e. The number of rotatable bonds is 2. The van der Waals surface area contributed by atoms with E-state index >= 15 is 0 Å². The van der Waals surface area contributed by atoms with E-state index in [2.05, 4.69) is 9.97 Å². The van der Waals surface area contributed by atoms with Crippen LogP contribution in [0.2, 0.25) is 0 Å². The van der Waals surface area contributed by atoms with Gasteiger partial charge in [-0.2, -0.15) is 13.2 Å². The normalized spacial score (nSPS) is 12.6. The first kappa shape index (κ1) is 12.2. The van der Waals surface area contributed by atoms with Gasteiger partial charge in [0.05, 0.1) is 11.4 Å². The van der Waals surface area contributed by atoms with E-state index in [4.69, 9.17) is 11.1 Å². The van der Waals surface area contributed by atoms with Crippen molar-refractivity contribution < 1.29 is 13.2 Å². The van der Waals surface area contributed by atoms with Crippen LogP contribution in [0.5, 0.6) is 0 Å². The fourth-order valence-electron chi connectivity index (χ4n) is 0.917. The van der Waals surface area contributed by atoms with Crippen molar-refractivity contribution in [1.82, 2.24) is 9.97 Å². The summed E-state index contributed by atoms with van der Waals surface area (Å²) >= 11 is 0. The van der Waals surface area contributed by atoms with E-state index in [1.165, 1.54) is 12.3 Å². The minimum atomic E-state index is -4.63. The van der Waals surface area contributed by atoms with Crippen LogP contribution in [0.1, 0.15) is 11.5 Å². The van der Waals surface area contributed by atoms with E-state index in [-0.39, 0.29) is 5.69 Å². The molecule has 1 rings (SSSR count). The first-order valence-corrected chi connectivity index (χ1v) is 4.23. The Balaban J connectivity index is 2.97. The molecule has 3 N–H and O–H groups in total. The molecule has 0 aliphatic heterocycles. The summed E-state index contributed by atoms with van der Waals surface area (Å²) in [6.07, 6.45) is -2.74. The summed E-state index contributed by atoms with van der Waals surface area (Å²) in [4.78, 5) is 7.57. The first-order valence-electron chi connectivity index (χ1n) is 4.23. The van der Waals surface area contributed by atoms with Gasteiger partial charge in [-0.25, -0.2) is 9.97 Å². The van der Waals surface area contributed by atoms with E-state index in [0.717, 1.165) is 0 Å². The summed E-state index contributed by atoms with van der Waals surface area (Å²) in [5.41, 5.74) is 3.15.